The predicted octanol–water partition coefficient (Wildman–Crippen LogP) is 3.67. The largest absolute Gasteiger partial charge is 0.478 e. The lowest BCUT2D eigenvalue weighted by Gasteiger charge is -2.14. The molecule has 2 aromatic rings. The van der Waals surface area contributed by atoms with Crippen LogP contribution in [0.15, 0.2) is 36.5 Å². The third-order valence-electron chi connectivity index (χ3n) is 3.03. The number of halogens is 1. The fourth-order valence-electron chi connectivity index (χ4n) is 2.03. The average molecular weight is 307 g/mol. The third kappa shape index (κ3) is 3.25. The lowest BCUT2D eigenvalue weighted by Crippen LogP contribution is -2.19. The van der Waals surface area contributed by atoms with Gasteiger partial charge in [-0.2, -0.15) is 0 Å². The van der Waals surface area contributed by atoms with Crippen molar-refractivity contribution in [2.24, 2.45) is 0 Å². The van der Waals surface area contributed by atoms with Crippen molar-refractivity contribution >= 4 is 29.2 Å². The lowest BCUT2D eigenvalue weighted by atomic mass is 10.1. The average Bonchev–Trinajstić information content (AvgIpc) is 2.87. The summed E-state index contributed by atoms with van der Waals surface area (Å²) >= 11 is 5.86. The molecule has 0 atom stereocenters. The van der Waals surface area contributed by atoms with Crippen LogP contribution >= 0.6 is 11.6 Å². The van der Waals surface area contributed by atoms with Crippen molar-refractivity contribution in [3.8, 4) is 0 Å². The van der Waals surface area contributed by atoms with E-state index in [9.17, 15) is 9.59 Å². The molecule has 21 heavy (non-hydrogen) atoms. The standard InChI is InChI=1S/C15H15ClN2O3/c1-9(2)18-7-3-4-13(18)14(19)17-12-8-10(16)5-6-11(12)15(20)21/h3-9H,1-2H3,(H,17,19)(H,20,21). The summed E-state index contributed by atoms with van der Waals surface area (Å²) in [6, 6.07) is 7.83. The van der Waals surface area contributed by atoms with Gasteiger partial charge in [0.25, 0.3) is 5.91 Å². The topological polar surface area (TPSA) is 71.3 Å². The molecule has 5 nitrogen and oxygen atoms in total. The number of hydrogen-bond donors (Lipinski definition) is 2. The monoisotopic (exact) mass is 306 g/mol. The molecule has 0 radical (unpaired) electrons. The van der Waals surface area contributed by atoms with E-state index in [1.807, 2.05) is 13.8 Å². The number of carboxylic acid groups (broad SMARTS) is 1. The molecule has 0 saturated carbocycles. The SMILES string of the molecule is CC(C)n1cccc1C(=O)Nc1cc(Cl)ccc1C(=O)O. The minimum Gasteiger partial charge on any atom is -0.478 e. The van der Waals surface area contributed by atoms with Gasteiger partial charge in [0.15, 0.2) is 0 Å². The lowest BCUT2D eigenvalue weighted by molar-refractivity contribution is 0.0698. The van der Waals surface area contributed by atoms with Gasteiger partial charge in [0, 0.05) is 17.3 Å². The molecule has 110 valence electrons. The molecule has 0 aliphatic carbocycles. The van der Waals surface area contributed by atoms with E-state index in [2.05, 4.69) is 5.32 Å². The van der Waals surface area contributed by atoms with Gasteiger partial charge < -0.3 is 15.0 Å². The van der Waals surface area contributed by atoms with E-state index in [0.29, 0.717) is 10.7 Å². The molecule has 1 aromatic heterocycles. The van der Waals surface area contributed by atoms with Gasteiger partial charge in [-0.3, -0.25) is 4.79 Å². The van der Waals surface area contributed by atoms with Crippen molar-refractivity contribution in [3.05, 3.63) is 52.8 Å². The van der Waals surface area contributed by atoms with E-state index >= 15 is 0 Å². The first-order valence-electron chi connectivity index (χ1n) is 6.41. The second-order valence-electron chi connectivity index (χ2n) is 4.84. The number of amides is 1. The molecular weight excluding hydrogens is 292 g/mol. The first-order valence-corrected chi connectivity index (χ1v) is 6.79. The van der Waals surface area contributed by atoms with Crippen LogP contribution in [0.5, 0.6) is 0 Å². The number of benzene rings is 1. The van der Waals surface area contributed by atoms with Gasteiger partial charge >= 0.3 is 5.97 Å². The summed E-state index contributed by atoms with van der Waals surface area (Å²) in [6.07, 6.45) is 1.80. The fraction of sp³-hybridized carbons (Fsp3) is 0.200. The minimum absolute atomic E-state index is 0.00426. The van der Waals surface area contributed by atoms with Gasteiger partial charge in [-0.05, 0) is 44.2 Å². The molecule has 0 saturated heterocycles. The maximum absolute atomic E-state index is 12.3. The van der Waals surface area contributed by atoms with Gasteiger partial charge in [-0.1, -0.05) is 11.6 Å². The molecule has 0 bridgehead atoms. The van der Waals surface area contributed by atoms with Crippen LogP contribution in [0.4, 0.5) is 5.69 Å². The minimum atomic E-state index is -1.12. The summed E-state index contributed by atoms with van der Waals surface area (Å²) in [4.78, 5) is 23.5. The van der Waals surface area contributed by atoms with Crippen molar-refractivity contribution in [2.45, 2.75) is 19.9 Å². The zero-order chi connectivity index (χ0) is 15.6. The number of hydrogen-bond acceptors (Lipinski definition) is 2. The van der Waals surface area contributed by atoms with Crippen LogP contribution in [0, 0.1) is 0 Å². The van der Waals surface area contributed by atoms with Crippen LogP contribution < -0.4 is 5.32 Å². The smallest absolute Gasteiger partial charge is 0.337 e. The predicted molar refractivity (Wildman–Crippen MR) is 81.2 cm³/mol. The van der Waals surface area contributed by atoms with E-state index in [-0.39, 0.29) is 23.2 Å². The summed E-state index contributed by atoms with van der Waals surface area (Å²) in [5, 5.41) is 12.1. The zero-order valence-corrected chi connectivity index (χ0v) is 12.4. The number of carbonyl (C=O) groups excluding carboxylic acids is 1. The Morgan fingerprint density at radius 2 is 2.00 bits per heavy atom. The van der Waals surface area contributed by atoms with Crippen LogP contribution in [0.25, 0.3) is 0 Å². The number of aromatic nitrogens is 1. The first-order chi connectivity index (χ1) is 9.90. The first kappa shape index (κ1) is 15.1. The van der Waals surface area contributed by atoms with Gasteiger partial charge in [-0.25, -0.2) is 4.79 Å². The van der Waals surface area contributed by atoms with Crippen molar-refractivity contribution in [2.75, 3.05) is 5.32 Å². The molecule has 0 fully saturated rings. The molecule has 1 aromatic carbocycles. The summed E-state index contributed by atoms with van der Waals surface area (Å²) in [5.41, 5.74) is 0.633. The highest BCUT2D eigenvalue weighted by molar-refractivity contribution is 6.31. The maximum atomic E-state index is 12.3. The van der Waals surface area contributed by atoms with E-state index in [1.54, 1.807) is 22.9 Å². The Labute approximate surface area is 127 Å². The van der Waals surface area contributed by atoms with Crippen molar-refractivity contribution < 1.29 is 14.7 Å². The second-order valence-corrected chi connectivity index (χ2v) is 5.28. The van der Waals surface area contributed by atoms with Crippen molar-refractivity contribution in [1.82, 2.24) is 4.57 Å². The number of carbonyl (C=O) groups is 2. The Bertz CT molecular complexity index is 692. The molecule has 2 N–H and O–H groups in total. The number of aromatic carboxylic acids is 1. The summed E-state index contributed by atoms with van der Waals surface area (Å²) in [5.74, 6) is -1.50. The Hall–Kier alpha value is -2.27. The van der Waals surface area contributed by atoms with Gasteiger partial charge in [0.05, 0.1) is 11.3 Å². The number of nitrogens with zero attached hydrogens (tertiary/aromatic N) is 1. The maximum Gasteiger partial charge on any atom is 0.337 e. The van der Waals surface area contributed by atoms with Gasteiger partial charge in [0.2, 0.25) is 0 Å². The quantitative estimate of drug-likeness (QED) is 0.905. The zero-order valence-electron chi connectivity index (χ0n) is 11.6. The van der Waals surface area contributed by atoms with Crippen LogP contribution in [0.3, 0.4) is 0 Å². The summed E-state index contributed by atoms with van der Waals surface area (Å²) in [6.45, 7) is 3.91. The molecular formula is C15H15ClN2O3. The summed E-state index contributed by atoms with van der Waals surface area (Å²) < 4.78 is 1.81. The molecule has 0 spiro atoms. The molecule has 0 aliphatic rings. The second kappa shape index (κ2) is 6.01. The van der Waals surface area contributed by atoms with Crippen LogP contribution in [-0.4, -0.2) is 21.6 Å². The Kier molecular flexibility index (Phi) is 4.33. The van der Waals surface area contributed by atoms with E-state index in [1.165, 1.54) is 18.2 Å². The molecule has 0 unspecified atom stereocenters. The Balaban J connectivity index is 2.33. The molecule has 1 heterocycles. The Morgan fingerprint density at radius 1 is 1.29 bits per heavy atom. The highest BCUT2D eigenvalue weighted by Gasteiger charge is 2.17. The normalized spacial score (nSPS) is 10.7. The number of nitrogens with one attached hydrogen (secondary N) is 1. The number of carboxylic acids is 1. The summed E-state index contributed by atoms with van der Waals surface area (Å²) in [7, 11) is 0. The van der Waals surface area contributed by atoms with Crippen LogP contribution in [0.2, 0.25) is 5.02 Å². The Morgan fingerprint density at radius 3 is 2.62 bits per heavy atom. The van der Waals surface area contributed by atoms with Crippen LogP contribution in [-0.2, 0) is 0 Å². The van der Waals surface area contributed by atoms with Gasteiger partial charge in [-0.15, -0.1) is 0 Å². The third-order valence-corrected chi connectivity index (χ3v) is 3.26. The molecule has 0 aliphatic heterocycles. The van der Waals surface area contributed by atoms with Crippen LogP contribution in [0.1, 0.15) is 40.7 Å². The van der Waals surface area contributed by atoms with E-state index in [0.717, 1.165) is 0 Å². The van der Waals surface area contributed by atoms with E-state index < -0.39 is 5.97 Å². The highest BCUT2D eigenvalue weighted by atomic mass is 35.5. The molecule has 1 amide bonds. The molecule has 2 rings (SSSR count). The molecule has 6 heteroatoms. The van der Waals surface area contributed by atoms with Gasteiger partial charge in [0.1, 0.15) is 5.69 Å². The highest BCUT2D eigenvalue weighted by Crippen LogP contribution is 2.22. The van der Waals surface area contributed by atoms with Crippen molar-refractivity contribution in [3.63, 3.8) is 0 Å². The van der Waals surface area contributed by atoms with E-state index in [4.69, 9.17) is 16.7 Å². The van der Waals surface area contributed by atoms with Crippen molar-refractivity contribution in [1.29, 1.82) is 0 Å². The number of anilines is 1. The number of rotatable bonds is 4. The fourth-order valence-corrected chi connectivity index (χ4v) is 2.20.